The van der Waals surface area contributed by atoms with Gasteiger partial charge in [-0.15, -0.1) is 0 Å². The second-order valence-electron chi connectivity index (χ2n) is 2.73. The molecule has 72 valence electrons. The number of fused-ring (bicyclic) bond motifs is 1. The quantitative estimate of drug-likeness (QED) is 0.645. The average Bonchev–Trinajstić information content (AvgIpc) is 2.20. The predicted octanol–water partition coefficient (Wildman–Crippen LogP) is 2.75. The van der Waals surface area contributed by atoms with Crippen LogP contribution in [0.25, 0.3) is 10.8 Å². The summed E-state index contributed by atoms with van der Waals surface area (Å²) in [6.07, 6.45) is 0.750. The van der Waals surface area contributed by atoms with E-state index in [0.717, 1.165) is 17.1 Å². The molecule has 2 aromatic rings. The van der Waals surface area contributed by atoms with E-state index in [1.54, 1.807) is 6.07 Å². The lowest BCUT2D eigenvalue weighted by Crippen LogP contribution is -1.70. The van der Waals surface area contributed by atoms with Crippen molar-refractivity contribution >= 4 is 17.1 Å². The van der Waals surface area contributed by atoms with E-state index in [1.807, 2.05) is 36.4 Å². The van der Waals surface area contributed by atoms with Crippen LogP contribution in [0.5, 0.6) is 5.75 Å². The van der Waals surface area contributed by atoms with Crippen molar-refractivity contribution in [1.29, 1.82) is 0 Å². The van der Waals surface area contributed by atoms with E-state index >= 15 is 0 Å². The summed E-state index contributed by atoms with van der Waals surface area (Å²) in [5, 5.41) is 11.4. The molecule has 0 fully saturated rings. The number of hydrogen-bond donors (Lipinski definition) is 1. The molecule has 0 aliphatic rings. The van der Waals surface area contributed by atoms with Gasteiger partial charge in [0.1, 0.15) is 12.0 Å². The Balaban J connectivity index is 0.000000293. The first-order valence-electron chi connectivity index (χ1n) is 4.36. The highest BCUT2D eigenvalue weighted by molar-refractivity contribution is 5.87. The lowest BCUT2D eigenvalue weighted by atomic mass is 10.1. The lowest BCUT2D eigenvalue weighted by molar-refractivity contribution is -0.106. The number of aldehydes is 1. The van der Waals surface area contributed by atoms with E-state index in [9.17, 15) is 5.11 Å². The van der Waals surface area contributed by atoms with Crippen molar-refractivity contribution in [3.05, 3.63) is 42.5 Å². The Bertz CT molecular complexity index is 416. The van der Waals surface area contributed by atoms with E-state index in [1.165, 1.54) is 6.92 Å². The molecule has 2 aromatic carbocycles. The zero-order valence-electron chi connectivity index (χ0n) is 7.97. The molecular formula is C12H12O2. The third-order valence-corrected chi connectivity index (χ3v) is 1.77. The Morgan fingerprint density at radius 2 is 1.64 bits per heavy atom. The van der Waals surface area contributed by atoms with Gasteiger partial charge in [-0.05, 0) is 18.4 Å². The summed E-state index contributed by atoms with van der Waals surface area (Å²) in [6.45, 7) is 1.44. The number of aromatic hydroxyl groups is 1. The second-order valence-corrected chi connectivity index (χ2v) is 2.73. The van der Waals surface area contributed by atoms with Gasteiger partial charge in [-0.2, -0.15) is 0 Å². The molecular weight excluding hydrogens is 176 g/mol. The average molecular weight is 188 g/mol. The van der Waals surface area contributed by atoms with E-state index in [0.29, 0.717) is 5.75 Å². The lowest BCUT2D eigenvalue weighted by Gasteiger charge is -1.97. The minimum atomic E-state index is 0.350. The summed E-state index contributed by atoms with van der Waals surface area (Å²) < 4.78 is 0. The number of hydrogen-bond acceptors (Lipinski definition) is 2. The van der Waals surface area contributed by atoms with Crippen molar-refractivity contribution in [2.45, 2.75) is 6.92 Å². The summed E-state index contributed by atoms with van der Waals surface area (Å²) in [6, 6.07) is 13.3. The van der Waals surface area contributed by atoms with E-state index < -0.39 is 0 Å². The third-order valence-electron chi connectivity index (χ3n) is 1.77. The van der Waals surface area contributed by atoms with Crippen LogP contribution in [-0.2, 0) is 4.79 Å². The first-order chi connectivity index (χ1) is 6.79. The summed E-state index contributed by atoms with van der Waals surface area (Å²) >= 11 is 0. The minimum Gasteiger partial charge on any atom is -0.507 e. The van der Waals surface area contributed by atoms with Crippen LogP contribution in [0.2, 0.25) is 0 Å². The van der Waals surface area contributed by atoms with Crippen LogP contribution in [0.1, 0.15) is 6.92 Å². The van der Waals surface area contributed by atoms with Gasteiger partial charge in [-0.25, -0.2) is 0 Å². The van der Waals surface area contributed by atoms with Gasteiger partial charge in [0.05, 0.1) is 0 Å². The highest BCUT2D eigenvalue weighted by Gasteiger charge is 1.94. The van der Waals surface area contributed by atoms with Crippen molar-refractivity contribution in [1.82, 2.24) is 0 Å². The summed E-state index contributed by atoms with van der Waals surface area (Å²) in [5.74, 6) is 0.350. The van der Waals surface area contributed by atoms with Crippen LogP contribution >= 0.6 is 0 Å². The monoisotopic (exact) mass is 188 g/mol. The fourth-order valence-corrected chi connectivity index (χ4v) is 1.21. The molecule has 0 heterocycles. The van der Waals surface area contributed by atoms with Crippen molar-refractivity contribution in [2.24, 2.45) is 0 Å². The molecule has 0 atom stereocenters. The van der Waals surface area contributed by atoms with Gasteiger partial charge in [0.2, 0.25) is 0 Å². The number of carbonyl (C=O) groups excluding carboxylic acids is 1. The maximum atomic E-state index is 9.37. The largest absolute Gasteiger partial charge is 0.507 e. The molecule has 2 nitrogen and oxygen atoms in total. The molecule has 2 rings (SSSR count). The van der Waals surface area contributed by atoms with Crippen LogP contribution in [0.4, 0.5) is 0 Å². The fraction of sp³-hybridized carbons (Fsp3) is 0.0833. The number of phenolic OH excluding ortho intramolecular Hbond substituents is 1. The zero-order valence-corrected chi connectivity index (χ0v) is 7.97. The number of rotatable bonds is 0. The summed E-state index contributed by atoms with van der Waals surface area (Å²) in [7, 11) is 0. The molecule has 0 aliphatic carbocycles. The molecule has 0 radical (unpaired) electrons. The highest BCUT2D eigenvalue weighted by atomic mass is 16.3. The molecule has 0 saturated heterocycles. The van der Waals surface area contributed by atoms with E-state index in [2.05, 4.69) is 0 Å². The zero-order chi connectivity index (χ0) is 10.4. The summed E-state index contributed by atoms with van der Waals surface area (Å²) in [4.78, 5) is 8.81. The first kappa shape index (κ1) is 10.3. The standard InChI is InChI=1S/C10H8O.C2H4O/c11-10-7-3-5-8-4-1-2-6-9(8)10;1-2-3/h1-7,11H;2H,1H3. The topological polar surface area (TPSA) is 37.3 Å². The first-order valence-corrected chi connectivity index (χ1v) is 4.36. The smallest absolute Gasteiger partial charge is 0.123 e. The van der Waals surface area contributed by atoms with Crippen LogP contribution in [0.15, 0.2) is 42.5 Å². The number of carbonyl (C=O) groups is 1. The fourth-order valence-electron chi connectivity index (χ4n) is 1.21. The van der Waals surface area contributed by atoms with Crippen molar-refractivity contribution < 1.29 is 9.90 Å². The van der Waals surface area contributed by atoms with Gasteiger partial charge in [0, 0.05) is 5.39 Å². The van der Waals surface area contributed by atoms with Gasteiger partial charge < -0.3 is 9.90 Å². The van der Waals surface area contributed by atoms with Crippen LogP contribution in [0.3, 0.4) is 0 Å². The predicted molar refractivity (Wildman–Crippen MR) is 57.4 cm³/mol. The van der Waals surface area contributed by atoms with Crippen molar-refractivity contribution in [2.75, 3.05) is 0 Å². The van der Waals surface area contributed by atoms with Crippen LogP contribution in [0, 0.1) is 0 Å². The molecule has 0 saturated carbocycles. The Morgan fingerprint density at radius 1 is 1.07 bits per heavy atom. The summed E-state index contributed by atoms with van der Waals surface area (Å²) in [5.41, 5.74) is 0. The third kappa shape index (κ3) is 2.33. The molecule has 0 spiro atoms. The number of phenols is 1. The van der Waals surface area contributed by atoms with Gasteiger partial charge in [0.25, 0.3) is 0 Å². The van der Waals surface area contributed by atoms with E-state index in [4.69, 9.17) is 4.79 Å². The molecule has 1 N–H and O–H groups in total. The van der Waals surface area contributed by atoms with Gasteiger partial charge in [-0.1, -0.05) is 36.4 Å². The molecule has 0 bridgehead atoms. The minimum absolute atomic E-state index is 0.350. The Kier molecular flexibility index (Phi) is 3.68. The molecule has 0 unspecified atom stereocenters. The normalized spacial score (nSPS) is 8.93. The van der Waals surface area contributed by atoms with Gasteiger partial charge in [0.15, 0.2) is 0 Å². The van der Waals surface area contributed by atoms with Crippen LogP contribution < -0.4 is 0 Å². The second kappa shape index (κ2) is 5.02. The SMILES string of the molecule is CC=O.Oc1cccc2ccccc12. The Morgan fingerprint density at radius 3 is 2.29 bits per heavy atom. The molecule has 14 heavy (non-hydrogen) atoms. The van der Waals surface area contributed by atoms with Crippen molar-refractivity contribution in [3.63, 3.8) is 0 Å². The van der Waals surface area contributed by atoms with Gasteiger partial charge in [-0.3, -0.25) is 0 Å². The number of benzene rings is 2. The van der Waals surface area contributed by atoms with E-state index in [-0.39, 0.29) is 0 Å². The Hall–Kier alpha value is -1.83. The molecule has 2 heteroatoms. The van der Waals surface area contributed by atoms with Crippen molar-refractivity contribution in [3.8, 4) is 5.75 Å². The maximum absolute atomic E-state index is 9.37. The molecule has 0 aromatic heterocycles. The molecule has 0 amide bonds. The maximum Gasteiger partial charge on any atom is 0.123 e. The Labute approximate surface area is 82.8 Å². The molecule has 0 aliphatic heterocycles. The van der Waals surface area contributed by atoms with Gasteiger partial charge >= 0.3 is 0 Å². The highest BCUT2D eigenvalue weighted by Crippen LogP contribution is 2.22. The van der Waals surface area contributed by atoms with Crippen LogP contribution in [-0.4, -0.2) is 11.4 Å².